The maximum atomic E-state index is 13.3. The molecule has 4 rings (SSSR count). The highest BCUT2D eigenvalue weighted by atomic mass is 16.5. The molecule has 1 N–H and O–H groups in total. The minimum Gasteiger partial charge on any atom is -0.376 e. The number of hydrogen-bond acceptors (Lipinski definition) is 3. The van der Waals surface area contributed by atoms with Crippen LogP contribution in [0.4, 0.5) is 5.69 Å². The molecule has 164 valence electrons. The molecule has 5 heteroatoms. The SMILES string of the molecule is O=C(Cc1ccc(N(Cc2ccccc2)C(=O)C2CCCC2)cc1)NC[C@@H]1CCCO1. The molecule has 0 unspecified atom stereocenters. The Kier molecular flexibility index (Phi) is 7.36. The summed E-state index contributed by atoms with van der Waals surface area (Å²) in [5, 5.41) is 2.97. The number of amides is 2. The number of carbonyl (C=O) groups is 2. The number of benzene rings is 2. The fourth-order valence-corrected chi connectivity index (χ4v) is 4.53. The maximum Gasteiger partial charge on any atom is 0.230 e. The lowest BCUT2D eigenvalue weighted by Gasteiger charge is -2.26. The lowest BCUT2D eigenvalue weighted by molar-refractivity contribution is -0.122. The van der Waals surface area contributed by atoms with Crippen LogP contribution in [-0.4, -0.2) is 31.1 Å². The summed E-state index contributed by atoms with van der Waals surface area (Å²) in [5.41, 5.74) is 2.96. The Morgan fingerprint density at radius 2 is 1.65 bits per heavy atom. The molecule has 1 saturated carbocycles. The van der Waals surface area contributed by atoms with Crippen LogP contribution >= 0.6 is 0 Å². The molecule has 2 fully saturated rings. The van der Waals surface area contributed by atoms with E-state index >= 15 is 0 Å². The Morgan fingerprint density at radius 1 is 0.903 bits per heavy atom. The molecule has 1 heterocycles. The van der Waals surface area contributed by atoms with E-state index in [-0.39, 0.29) is 23.8 Å². The van der Waals surface area contributed by atoms with Gasteiger partial charge in [0.2, 0.25) is 11.8 Å². The first-order valence-electron chi connectivity index (χ1n) is 11.5. The second-order valence-electron chi connectivity index (χ2n) is 8.67. The van der Waals surface area contributed by atoms with Gasteiger partial charge < -0.3 is 15.0 Å². The number of carbonyl (C=O) groups excluding carboxylic acids is 2. The van der Waals surface area contributed by atoms with Crippen LogP contribution in [0.2, 0.25) is 0 Å². The summed E-state index contributed by atoms with van der Waals surface area (Å²) in [7, 11) is 0. The predicted octanol–water partition coefficient (Wildman–Crippen LogP) is 4.25. The molecule has 2 aliphatic rings. The number of rotatable bonds is 8. The Balaban J connectivity index is 1.41. The molecule has 2 aromatic rings. The molecule has 0 aromatic heterocycles. The lowest BCUT2D eigenvalue weighted by atomic mass is 10.0. The van der Waals surface area contributed by atoms with Crippen LogP contribution < -0.4 is 10.2 Å². The number of nitrogens with one attached hydrogen (secondary N) is 1. The molecule has 1 saturated heterocycles. The molecule has 2 amide bonds. The highest BCUT2D eigenvalue weighted by molar-refractivity contribution is 5.95. The molecule has 31 heavy (non-hydrogen) atoms. The van der Waals surface area contributed by atoms with Crippen LogP contribution in [0, 0.1) is 5.92 Å². The van der Waals surface area contributed by atoms with E-state index in [1.165, 1.54) is 0 Å². The van der Waals surface area contributed by atoms with Gasteiger partial charge in [0.25, 0.3) is 0 Å². The zero-order valence-corrected chi connectivity index (χ0v) is 18.1. The fraction of sp³-hybridized carbons (Fsp3) is 0.462. The quantitative estimate of drug-likeness (QED) is 0.695. The van der Waals surface area contributed by atoms with Gasteiger partial charge >= 0.3 is 0 Å². The molecule has 0 bridgehead atoms. The summed E-state index contributed by atoms with van der Waals surface area (Å²) in [6, 6.07) is 18.0. The van der Waals surface area contributed by atoms with Gasteiger partial charge in [-0.2, -0.15) is 0 Å². The largest absolute Gasteiger partial charge is 0.376 e. The zero-order chi connectivity index (χ0) is 21.5. The van der Waals surface area contributed by atoms with Crippen molar-refractivity contribution in [1.82, 2.24) is 5.32 Å². The number of anilines is 1. The van der Waals surface area contributed by atoms with Crippen LogP contribution in [0.3, 0.4) is 0 Å². The third-order valence-corrected chi connectivity index (χ3v) is 6.32. The first-order valence-corrected chi connectivity index (χ1v) is 11.5. The summed E-state index contributed by atoms with van der Waals surface area (Å²) in [4.78, 5) is 27.5. The first kappa shape index (κ1) is 21.6. The Bertz CT molecular complexity index is 854. The molecular formula is C26H32N2O3. The molecule has 0 radical (unpaired) electrons. The number of nitrogens with zero attached hydrogens (tertiary/aromatic N) is 1. The first-order chi connectivity index (χ1) is 15.2. The highest BCUT2D eigenvalue weighted by Gasteiger charge is 2.28. The molecule has 1 atom stereocenters. The molecule has 1 aliphatic heterocycles. The summed E-state index contributed by atoms with van der Waals surface area (Å²) < 4.78 is 5.56. The minimum absolute atomic E-state index is 0.00595. The molecule has 5 nitrogen and oxygen atoms in total. The van der Waals surface area contributed by atoms with Crippen molar-refractivity contribution in [2.75, 3.05) is 18.1 Å². The van der Waals surface area contributed by atoms with Crippen LogP contribution in [0.25, 0.3) is 0 Å². The lowest BCUT2D eigenvalue weighted by Crippen LogP contribution is -2.35. The third kappa shape index (κ3) is 5.95. The standard InChI is InChI=1S/C26H32N2O3/c29-25(27-18-24-11-6-16-31-24)17-20-12-14-23(15-13-20)28(19-21-7-2-1-3-8-21)26(30)22-9-4-5-10-22/h1-3,7-8,12-15,22,24H,4-6,9-11,16-19H2,(H,27,29)/t24-/m0/s1. The van der Waals surface area contributed by atoms with E-state index in [9.17, 15) is 9.59 Å². The average molecular weight is 421 g/mol. The molecule has 2 aromatic carbocycles. The van der Waals surface area contributed by atoms with Gasteiger partial charge in [-0.1, -0.05) is 55.3 Å². The average Bonchev–Trinajstić information content (AvgIpc) is 3.51. The van der Waals surface area contributed by atoms with E-state index in [1.807, 2.05) is 47.4 Å². The third-order valence-electron chi connectivity index (χ3n) is 6.32. The van der Waals surface area contributed by atoms with Crippen molar-refractivity contribution in [3.8, 4) is 0 Å². The topological polar surface area (TPSA) is 58.6 Å². The van der Waals surface area contributed by atoms with Crippen molar-refractivity contribution in [3.05, 3.63) is 65.7 Å². The van der Waals surface area contributed by atoms with Gasteiger partial charge in [-0.25, -0.2) is 0 Å². The highest BCUT2D eigenvalue weighted by Crippen LogP contribution is 2.30. The van der Waals surface area contributed by atoms with Crippen molar-refractivity contribution in [1.29, 1.82) is 0 Å². The second kappa shape index (κ2) is 10.6. The minimum atomic E-state index is 0.00595. The Hall–Kier alpha value is -2.66. The van der Waals surface area contributed by atoms with Gasteiger partial charge in [-0.3, -0.25) is 9.59 Å². The van der Waals surface area contributed by atoms with Gasteiger partial charge in [0.1, 0.15) is 0 Å². The predicted molar refractivity (Wildman–Crippen MR) is 122 cm³/mol. The van der Waals surface area contributed by atoms with Gasteiger partial charge in [0, 0.05) is 24.8 Å². The number of hydrogen-bond donors (Lipinski definition) is 1. The Labute approximate surface area is 184 Å². The van der Waals surface area contributed by atoms with Gasteiger partial charge in [0.15, 0.2) is 0 Å². The molecule has 0 spiro atoms. The van der Waals surface area contributed by atoms with E-state index in [0.717, 1.165) is 61.9 Å². The van der Waals surface area contributed by atoms with Crippen molar-refractivity contribution in [3.63, 3.8) is 0 Å². The van der Waals surface area contributed by atoms with Crippen LogP contribution in [0.1, 0.15) is 49.7 Å². The van der Waals surface area contributed by atoms with E-state index in [0.29, 0.717) is 19.5 Å². The summed E-state index contributed by atoms with van der Waals surface area (Å²) in [6.07, 6.45) is 6.80. The smallest absolute Gasteiger partial charge is 0.230 e. The van der Waals surface area contributed by atoms with E-state index in [4.69, 9.17) is 4.74 Å². The monoisotopic (exact) mass is 420 g/mol. The van der Waals surface area contributed by atoms with Crippen LogP contribution in [-0.2, 0) is 27.3 Å². The van der Waals surface area contributed by atoms with Gasteiger partial charge in [-0.15, -0.1) is 0 Å². The molecule has 1 aliphatic carbocycles. The van der Waals surface area contributed by atoms with Crippen LogP contribution in [0.15, 0.2) is 54.6 Å². The van der Waals surface area contributed by atoms with Crippen LogP contribution in [0.5, 0.6) is 0 Å². The summed E-state index contributed by atoms with van der Waals surface area (Å²) >= 11 is 0. The normalized spacial score (nSPS) is 18.8. The van der Waals surface area contributed by atoms with E-state index < -0.39 is 0 Å². The number of ether oxygens (including phenoxy) is 1. The van der Waals surface area contributed by atoms with Crippen molar-refractivity contribution >= 4 is 17.5 Å². The van der Waals surface area contributed by atoms with Gasteiger partial charge in [0.05, 0.1) is 19.1 Å². The summed E-state index contributed by atoms with van der Waals surface area (Å²) in [6.45, 7) is 1.94. The van der Waals surface area contributed by atoms with Crippen molar-refractivity contribution < 1.29 is 14.3 Å². The van der Waals surface area contributed by atoms with Gasteiger partial charge in [-0.05, 0) is 48.9 Å². The second-order valence-corrected chi connectivity index (χ2v) is 8.67. The van der Waals surface area contributed by atoms with Crippen molar-refractivity contribution in [2.45, 2.75) is 57.6 Å². The Morgan fingerprint density at radius 3 is 2.32 bits per heavy atom. The fourth-order valence-electron chi connectivity index (χ4n) is 4.53. The van der Waals surface area contributed by atoms with E-state index in [1.54, 1.807) is 0 Å². The van der Waals surface area contributed by atoms with E-state index in [2.05, 4.69) is 17.4 Å². The molecular weight excluding hydrogens is 388 g/mol. The van der Waals surface area contributed by atoms with Crippen molar-refractivity contribution in [2.24, 2.45) is 5.92 Å². The maximum absolute atomic E-state index is 13.3. The zero-order valence-electron chi connectivity index (χ0n) is 18.1. The summed E-state index contributed by atoms with van der Waals surface area (Å²) in [5.74, 6) is 0.335.